The van der Waals surface area contributed by atoms with E-state index < -0.39 is 11.6 Å². The third kappa shape index (κ3) is 2.33. The average molecular weight is 259 g/mol. The minimum Gasteiger partial charge on any atom is -0.436 e. The van der Waals surface area contributed by atoms with E-state index in [9.17, 15) is 8.78 Å². The van der Waals surface area contributed by atoms with Crippen LogP contribution in [0.5, 0.6) is 11.6 Å². The first-order valence-corrected chi connectivity index (χ1v) is 5.43. The number of nitrogens with zero attached hydrogens (tertiary/aromatic N) is 3. The van der Waals surface area contributed by atoms with Crippen LogP contribution in [0.2, 0.25) is 0 Å². The number of pyridine rings is 1. The number of hydrogen-bond acceptors (Lipinski definition) is 4. The molecule has 6 heteroatoms. The monoisotopic (exact) mass is 259 g/mol. The van der Waals surface area contributed by atoms with Gasteiger partial charge in [0.15, 0.2) is 17.2 Å². The molecule has 4 nitrogen and oxygen atoms in total. The lowest BCUT2D eigenvalue weighted by atomic mass is 10.3. The Morgan fingerprint density at radius 1 is 0.947 bits per heavy atom. The van der Waals surface area contributed by atoms with Gasteiger partial charge in [0.05, 0.1) is 0 Å². The first-order valence-electron chi connectivity index (χ1n) is 5.43. The summed E-state index contributed by atoms with van der Waals surface area (Å²) in [5.74, 6) is -1.35. The maximum Gasteiger partial charge on any atom is 0.221 e. The standard InChI is InChI=1S/C13H7F2N3O/c14-8-1-2-9(15)11(7-8)19-12-4-3-10-13(18-12)17-6-5-16-10/h1-7H. The quantitative estimate of drug-likeness (QED) is 0.709. The highest BCUT2D eigenvalue weighted by atomic mass is 19.1. The third-order valence-corrected chi connectivity index (χ3v) is 2.41. The summed E-state index contributed by atoms with van der Waals surface area (Å²) < 4.78 is 31.6. The lowest BCUT2D eigenvalue weighted by Gasteiger charge is -2.06. The summed E-state index contributed by atoms with van der Waals surface area (Å²) in [5.41, 5.74) is 0.964. The minimum atomic E-state index is -0.664. The molecule has 0 saturated heterocycles. The minimum absolute atomic E-state index is 0.123. The SMILES string of the molecule is Fc1ccc(F)c(Oc2ccc3nccnc3n2)c1. The fourth-order valence-corrected chi connectivity index (χ4v) is 1.56. The molecule has 0 bridgehead atoms. The molecule has 0 spiro atoms. The van der Waals surface area contributed by atoms with Gasteiger partial charge in [0, 0.05) is 24.5 Å². The van der Waals surface area contributed by atoms with Crippen molar-refractivity contribution in [3.8, 4) is 11.6 Å². The summed E-state index contributed by atoms with van der Waals surface area (Å²) in [6, 6.07) is 6.12. The van der Waals surface area contributed by atoms with Crippen LogP contribution in [-0.2, 0) is 0 Å². The van der Waals surface area contributed by atoms with Crippen molar-refractivity contribution in [2.45, 2.75) is 0 Å². The van der Waals surface area contributed by atoms with Crippen LogP contribution in [0, 0.1) is 11.6 Å². The Morgan fingerprint density at radius 2 is 1.79 bits per heavy atom. The number of halogens is 2. The molecule has 0 aliphatic rings. The lowest BCUT2D eigenvalue weighted by Crippen LogP contribution is -1.93. The fourth-order valence-electron chi connectivity index (χ4n) is 1.56. The van der Waals surface area contributed by atoms with Crippen LogP contribution in [0.4, 0.5) is 8.78 Å². The molecule has 0 aliphatic carbocycles. The van der Waals surface area contributed by atoms with E-state index in [1.165, 1.54) is 18.5 Å². The molecular formula is C13H7F2N3O. The Labute approximate surface area is 106 Å². The zero-order chi connectivity index (χ0) is 13.2. The van der Waals surface area contributed by atoms with Crippen molar-refractivity contribution >= 4 is 11.2 Å². The van der Waals surface area contributed by atoms with E-state index in [-0.39, 0.29) is 11.6 Å². The molecule has 0 N–H and O–H groups in total. The number of fused-ring (bicyclic) bond motifs is 1. The van der Waals surface area contributed by atoms with Crippen molar-refractivity contribution in [3.05, 3.63) is 54.4 Å². The maximum absolute atomic E-state index is 13.4. The predicted molar refractivity (Wildman–Crippen MR) is 63.8 cm³/mol. The van der Waals surface area contributed by atoms with Gasteiger partial charge in [-0.05, 0) is 18.2 Å². The predicted octanol–water partition coefficient (Wildman–Crippen LogP) is 3.10. The molecule has 0 atom stereocenters. The second kappa shape index (κ2) is 4.56. The molecule has 2 heterocycles. The van der Waals surface area contributed by atoms with Crippen molar-refractivity contribution in [1.29, 1.82) is 0 Å². The molecule has 94 valence electrons. The van der Waals surface area contributed by atoms with Gasteiger partial charge in [-0.2, -0.15) is 4.98 Å². The highest BCUT2D eigenvalue weighted by molar-refractivity contribution is 5.69. The molecule has 3 aromatic rings. The van der Waals surface area contributed by atoms with Crippen molar-refractivity contribution in [2.24, 2.45) is 0 Å². The summed E-state index contributed by atoms with van der Waals surface area (Å²) in [4.78, 5) is 12.1. The van der Waals surface area contributed by atoms with Gasteiger partial charge in [0.1, 0.15) is 11.3 Å². The van der Waals surface area contributed by atoms with Gasteiger partial charge in [0.2, 0.25) is 5.88 Å². The fraction of sp³-hybridized carbons (Fsp3) is 0. The van der Waals surface area contributed by atoms with Crippen molar-refractivity contribution < 1.29 is 13.5 Å². The first kappa shape index (κ1) is 11.5. The zero-order valence-electron chi connectivity index (χ0n) is 9.55. The molecule has 0 unspecified atom stereocenters. The summed E-state index contributed by atoms with van der Waals surface area (Å²) in [6.07, 6.45) is 3.03. The van der Waals surface area contributed by atoms with Gasteiger partial charge in [0.25, 0.3) is 0 Å². The van der Waals surface area contributed by atoms with Crippen LogP contribution in [-0.4, -0.2) is 15.0 Å². The summed E-state index contributed by atoms with van der Waals surface area (Å²) in [5, 5.41) is 0. The van der Waals surface area contributed by atoms with E-state index in [1.54, 1.807) is 6.07 Å². The van der Waals surface area contributed by atoms with E-state index in [0.717, 1.165) is 18.2 Å². The van der Waals surface area contributed by atoms with Crippen LogP contribution >= 0.6 is 0 Å². The van der Waals surface area contributed by atoms with E-state index in [1.807, 2.05) is 0 Å². The van der Waals surface area contributed by atoms with E-state index in [4.69, 9.17) is 4.74 Å². The Bertz CT molecular complexity index is 749. The van der Waals surface area contributed by atoms with Crippen LogP contribution in [0.25, 0.3) is 11.2 Å². The Hall–Kier alpha value is -2.63. The molecule has 1 aromatic carbocycles. The Kier molecular flexibility index (Phi) is 2.75. The van der Waals surface area contributed by atoms with Gasteiger partial charge in [-0.1, -0.05) is 0 Å². The normalized spacial score (nSPS) is 10.6. The molecule has 3 rings (SSSR count). The number of benzene rings is 1. The maximum atomic E-state index is 13.4. The number of hydrogen-bond donors (Lipinski definition) is 0. The molecule has 0 saturated carbocycles. The van der Waals surface area contributed by atoms with Crippen LogP contribution in [0.15, 0.2) is 42.7 Å². The molecule has 0 radical (unpaired) electrons. The summed E-state index contributed by atoms with van der Waals surface area (Å²) in [6.45, 7) is 0. The highest BCUT2D eigenvalue weighted by Gasteiger charge is 2.08. The van der Waals surface area contributed by atoms with Crippen LogP contribution < -0.4 is 4.74 Å². The number of rotatable bonds is 2. The van der Waals surface area contributed by atoms with Crippen molar-refractivity contribution in [3.63, 3.8) is 0 Å². The van der Waals surface area contributed by atoms with Gasteiger partial charge in [-0.25, -0.2) is 13.8 Å². The smallest absolute Gasteiger partial charge is 0.221 e. The Balaban J connectivity index is 1.98. The van der Waals surface area contributed by atoms with Gasteiger partial charge < -0.3 is 4.74 Å². The topological polar surface area (TPSA) is 47.9 Å². The first-order chi connectivity index (χ1) is 9.22. The molecule has 0 fully saturated rings. The van der Waals surface area contributed by atoms with Crippen molar-refractivity contribution in [1.82, 2.24) is 15.0 Å². The van der Waals surface area contributed by atoms with E-state index >= 15 is 0 Å². The average Bonchev–Trinajstić information content (AvgIpc) is 2.43. The van der Waals surface area contributed by atoms with Crippen molar-refractivity contribution in [2.75, 3.05) is 0 Å². The lowest BCUT2D eigenvalue weighted by molar-refractivity contribution is 0.424. The van der Waals surface area contributed by atoms with Crippen LogP contribution in [0.1, 0.15) is 0 Å². The second-order valence-electron chi connectivity index (χ2n) is 3.73. The van der Waals surface area contributed by atoms with E-state index in [0.29, 0.717) is 11.2 Å². The number of ether oxygens (including phenoxy) is 1. The third-order valence-electron chi connectivity index (χ3n) is 2.41. The van der Waals surface area contributed by atoms with E-state index in [2.05, 4.69) is 15.0 Å². The zero-order valence-corrected chi connectivity index (χ0v) is 9.55. The molecular weight excluding hydrogens is 252 g/mol. The van der Waals surface area contributed by atoms with Gasteiger partial charge in [-0.3, -0.25) is 4.98 Å². The van der Waals surface area contributed by atoms with Gasteiger partial charge in [-0.15, -0.1) is 0 Å². The molecule has 0 aliphatic heterocycles. The second-order valence-corrected chi connectivity index (χ2v) is 3.73. The number of aromatic nitrogens is 3. The molecule has 0 amide bonds. The molecule has 19 heavy (non-hydrogen) atoms. The molecule has 2 aromatic heterocycles. The highest BCUT2D eigenvalue weighted by Crippen LogP contribution is 2.24. The van der Waals surface area contributed by atoms with Gasteiger partial charge >= 0.3 is 0 Å². The largest absolute Gasteiger partial charge is 0.436 e. The summed E-state index contributed by atoms with van der Waals surface area (Å²) in [7, 11) is 0. The summed E-state index contributed by atoms with van der Waals surface area (Å²) >= 11 is 0. The van der Waals surface area contributed by atoms with Crippen LogP contribution in [0.3, 0.4) is 0 Å². The Morgan fingerprint density at radius 3 is 2.68 bits per heavy atom.